The van der Waals surface area contributed by atoms with E-state index in [2.05, 4.69) is 34.6 Å². The molecule has 1 aliphatic carbocycles. The van der Waals surface area contributed by atoms with Crippen LogP contribution in [0.25, 0.3) is 0 Å². The van der Waals surface area contributed by atoms with E-state index in [9.17, 15) is 0 Å². The van der Waals surface area contributed by atoms with Crippen molar-refractivity contribution in [2.24, 2.45) is 16.6 Å². The number of hydrogen-bond acceptors (Lipinski definition) is 2. The first-order valence-electron chi connectivity index (χ1n) is 6.88. The van der Waals surface area contributed by atoms with Gasteiger partial charge in [-0.25, -0.2) is 4.99 Å². The number of aliphatic imine (C=N–C) groups is 1. The molecule has 1 aliphatic rings. The average molecular weight is 261 g/mol. The van der Waals surface area contributed by atoms with Crippen molar-refractivity contribution in [3.05, 3.63) is 35.4 Å². The van der Waals surface area contributed by atoms with Crippen molar-refractivity contribution in [2.45, 2.75) is 32.4 Å². The van der Waals surface area contributed by atoms with Crippen LogP contribution in [0.15, 0.2) is 29.3 Å². The predicted octanol–water partition coefficient (Wildman–Crippen LogP) is 2.04. The molecule has 3 N–H and O–H groups in total. The molecule has 0 bridgehead atoms. The van der Waals surface area contributed by atoms with E-state index in [-0.39, 0.29) is 0 Å². The van der Waals surface area contributed by atoms with Crippen LogP contribution in [0.4, 0.5) is 0 Å². The molecule has 4 nitrogen and oxygen atoms in total. The fourth-order valence-corrected chi connectivity index (χ4v) is 2.09. The zero-order chi connectivity index (χ0) is 13.5. The van der Waals surface area contributed by atoms with Crippen LogP contribution in [0.3, 0.4) is 0 Å². The van der Waals surface area contributed by atoms with E-state index in [0.29, 0.717) is 19.1 Å². The number of nitrogens with one attached hydrogen (secondary N) is 1. The summed E-state index contributed by atoms with van der Waals surface area (Å²) in [4.78, 5) is 4.35. The van der Waals surface area contributed by atoms with Gasteiger partial charge in [-0.05, 0) is 29.9 Å². The summed E-state index contributed by atoms with van der Waals surface area (Å²) in [5.74, 6) is 1.34. The highest BCUT2D eigenvalue weighted by Crippen LogP contribution is 2.24. The maximum atomic E-state index is 5.85. The molecule has 104 valence electrons. The number of ether oxygens (including phenoxy) is 1. The van der Waals surface area contributed by atoms with Gasteiger partial charge in [0, 0.05) is 13.7 Å². The smallest absolute Gasteiger partial charge is 0.188 e. The van der Waals surface area contributed by atoms with Crippen LogP contribution in [0, 0.1) is 5.92 Å². The Morgan fingerprint density at radius 1 is 1.32 bits per heavy atom. The molecule has 0 unspecified atom stereocenters. The lowest BCUT2D eigenvalue weighted by molar-refractivity contribution is 0.185. The van der Waals surface area contributed by atoms with Crippen molar-refractivity contribution in [1.82, 2.24) is 5.32 Å². The molecule has 1 aromatic carbocycles. The third-order valence-electron chi connectivity index (χ3n) is 3.56. The van der Waals surface area contributed by atoms with Gasteiger partial charge in [-0.15, -0.1) is 0 Å². The van der Waals surface area contributed by atoms with Gasteiger partial charge in [-0.2, -0.15) is 0 Å². The standard InChI is InChI=1S/C15H23N3O/c1-19-11-14-7-5-13(6-8-14)10-18-15(16)17-9-12-3-2-4-12/h5-8,12H,2-4,9-11H2,1H3,(H3,16,17,18). The quantitative estimate of drug-likeness (QED) is 0.608. The minimum Gasteiger partial charge on any atom is -0.380 e. The SMILES string of the molecule is COCc1ccc(CN=C(N)NCC2CCC2)cc1. The van der Waals surface area contributed by atoms with E-state index < -0.39 is 0 Å². The highest BCUT2D eigenvalue weighted by Gasteiger charge is 2.16. The molecule has 0 spiro atoms. The minimum absolute atomic E-state index is 0.549. The van der Waals surface area contributed by atoms with Gasteiger partial charge in [0.25, 0.3) is 0 Å². The van der Waals surface area contributed by atoms with Crippen molar-refractivity contribution < 1.29 is 4.74 Å². The number of hydrogen-bond donors (Lipinski definition) is 2. The van der Waals surface area contributed by atoms with Gasteiger partial charge in [-0.3, -0.25) is 0 Å². The summed E-state index contributed by atoms with van der Waals surface area (Å²) in [5.41, 5.74) is 8.18. The Bertz CT molecular complexity index is 410. The van der Waals surface area contributed by atoms with Gasteiger partial charge in [0.2, 0.25) is 0 Å². The summed E-state index contributed by atoms with van der Waals surface area (Å²) >= 11 is 0. The molecule has 0 amide bonds. The molecule has 0 aromatic heterocycles. The van der Waals surface area contributed by atoms with Gasteiger partial charge < -0.3 is 15.8 Å². The fourth-order valence-electron chi connectivity index (χ4n) is 2.09. The van der Waals surface area contributed by atoms with Crippen LogP contribution >= 0.6 is 0 Å². The monoisotopic (exact) mass is 261 g/mol. The van der Waals surface area contributed by atoms with Crippen molar-refractivity contribution in [3.63, 3.8) is 0 Å². The van der Waals surface area contributed by atoms with Crippen LogP contribution in [-0.4, -0.2) is 19.6 Å². The fraction of sp³-hybridized carbons (Fsp3) is 0.533. The Morgan fingerprint density at radius 2 is 2.00 bits per heavy atom. The first kappa shape index (κ1) is 13.9. The van der Waals surface area contributed by atoms with Crippen LogP contribution in [0.1, 0.15) is 30.4 Å². The highest BCUT2D eigenvalue weighted by atomic mass is 16.5. The van der Waals surface area contributed by atoms with Gasteiger partial charge in [-0.1, -0.05) is 30.7 Å². The summed E-state index contributed by atoms with van der Waals surface area (Å²) in [6.07, 6.45) is 4.00. The molecule has 0 heterocycles. The van der Waals surface area contributed by atoms with Crippen molar-refractivity contribution in [2.75, 3.05) is 13.7 Å². The van der Waals surface area contributed by atoms with E-state index in [1.807, 2.05) is 0 Å². The van der Waals surface area contributed by atoms with Crippen LogP contribution in [-0.2, 0) is 17.9 Å². The van der Waals surface area contributed by atoms with Crippen LogP contribution in [0.5, 0.6) is 0 Å². The summed E-state index contributed by atoms with van der Waals surface area (Å²) in [6, 6.07) is 8.26. The lowest BCUT2D eigenvalue weighted by Gasteiger charge is -2.25. The molecule has 19 heavy (non-hydrogen) atoms. The van der Waals surface area contributed by atoms with E-state index in [0.717, 1.165) is 18.0 Å². The van der Waals surface area contributed by atoms with Crippen LogP contribution in [0.2, 0.25) is 0 Å². The van der Waals surface area contributed by atoms with Gasteiger partial charge in [0.05, 0.1) is 13.2 Å². The average Bonchev–Trinajstić information content (AvgIpc) is 2.36. The molecule has 0 atom stereocenters. The lowest BCUT2D eigenvalue weighted by atomic mass is 9.85. The summed E-state index contributed by atoms with van der Waals surface area (Å²) in [6.45, 7) is 2.23. The molecular weight excluding hydrogens is 238 g/mol. The van der Waals surface area contributed by atoms with E-state index in [1.165, 1.54) is 24.8 Å². The number of benzene rings is 1. The zero-order valence-electron chi connectivity index (χ0n) is 11.6. The molecular formula is C15H23N3O. The maximum absolute atomic E-state index is 5.85. The Hall–Kier alpha value is -1.55. The normalized spacial score (nSPS) is 16.2. The summed E-state index contributed by atoms with van der Waals surface area (Å²) < 4.78 is 5.08. The topological polar surface area (TPSA) is 59.6 Å². The Labute approximate surface area is 115 Å². The summed E-state index contributed by atoms with van der Waals surface area (Å²) in [5, 5.41) is 3.19. The molecule has 0 aliphatic heterocycles. The van der Waals surface area contributed by atoms with Gasteiger partial charge in [0.1, 0.15) is 0 Å². The van der Waals surface area contributed by atoms with Gasteiger partial charge in [0.15, 0.2) is 5.96 Å². The third-order valence-corrected chi connectivity index (χ3v) is 3.56. The van der Waals surface area contributed by atoms with Gasteiger partial charge >= 0.3 is 0 Å². The number of nitrogens with zero attached hydrogens (tertiary/aromatic N) is 1. The number of guanidine groups is 1. The molecule has 0 radical (unpaired) electrons. The van der Waals surface area contributed by atoms with Crippen molar-refractivity contribution in [3.8, 4) is 0 Å². The second-order valence-electron chi connectivity index (χ2n) is 5.13. The number of rotatable bonds is 6. The zero-order valence-corrected chi connectivity index (χ0v) is 11.6. The Balaban J connectivity index is 1.75. The van der Waals surface area contributed by atoms with Crippen molar-refractivity contribution >= 4 is 5.96 Å². The second-order valence-corrected chi connectivity index (χ2v) is 5.13. The number of nitrogens with two attached hydrogens (primary N) is 1. The second kappa shape index (κ2) is 7.14. The molecule has 1 fully saturated rings. The molecule has 2 rings (SSSR count). The molecule has 1 saturated carbocycles. The molecule has 0 saturated heterocycles. The first-order chi connectivity index (χ1) is 9.28. The van der Waals surface area contributed by atoms with E-state index in [4.69, 9.17) is 10.5 Å². The minimum atomic E-state index is 0.549. The third kappa shape index (κ3) is 4.56. The maximum Gasteiger partial charge on any atom is 0.188 e. The van der Waals surface area contributed by atoms with E-state index in [1.54, 1.807) is 7.11 Å². The highest BCUT2D eigenvalue weighted by molar-refractivity contribution is 5.77. The first-order valence-corrected chi connectivity index (χ1v) is 6.88. The van der Waals surface area contributed by atoms with Crippen LogP contribution < -0.4 is 11.1 Å². The molecule has 4 heteroatoms. The van der Waals surface area contributed by atoms with E-state index >= 15 is 0 Å². The Morgan fingerprint density at radius 3 is 2.58 bits per heavy atom. The lowest BCUT2D eigenvalue weighted by Crippen LogP contribution is -2.37. The summed E-state index contributed by atoms with van der Waals surface area (Å²) in [7, 11) is 1.70. The molecule has 1 aromatic rings. The predicted molar refractivity (Wildman–Crippen MR) is 77.8 cm³/mol. The van der Waals surface area contributed by atoms with Crippen molar-refractivity contribution in [1.29, 1.82) is 0 Å². The Kier molecular flexibility index (Phi) is 5.21. The largest absolute Gasteiger partial charge is 0.380 e. The number of methoxy groups -OCH3 is 1.